The van der Waals surface area contributed by atoms with Gasteiger partial charge in [0.15, 0.2) is 0 Å². The van der Waals surface area contributed by atoms with Gasteiger partial charge in [-0.05, 0) is 29.7 Å². The van der Waals surface area contributed by atoms with Crippen molar-refractivity contribution in [1.29, 1.82) is 0 Å². The molecule has 3 N–H and O–H groups in total. The van der Waals surface area contributed by atoms with Crippen molar-refractivity contribution in [3.63, 3.8) is 0 Å². The molecule has 2 aliphatic heterocycles. The molecule has 1 atom stereocenters. The first-order valence-electron chi connectivity index (χ1n) is 11.0. The second-order valence-corrected chi connectivity index (χ2v) is 9.35. The number of carbonyl (C=O) groups is 4. The highest BCUT2D eigenvalue weighted by Gasteiger charge is 2.38. The van der Waals surface area contributed by atoms with E-state index in [1.165, 1.54) is 16.2 Å². The average Bonchev–Trinajstić information content (AvgIpc) is 3.33. The van der Waals surface area contributed by atoms with E-state index in [4.69, 9.17) is 4.74 Å². The minimum atomic E-state index is -1.16. The third-order valence-electron chi connectivity index (χ3n) is 6.02. The van der Waals surface area contributed by atoms with Crippen LogP contribution in [0.2, 0.25) is 0 Å². The normalized spacial score (nSPS) is 16.6. The molecule has 2 aliphatic rings. The summed E-state index contributed by atoms with van der Waals surface area (Å²) in [5.41, 5.74) is 2.15. The maximum atomic E-state index is 12.7. The van der Waals surface area contributed by atoms with Crippen LogP contribution in [-0.2, 0) is 24.3 Å². The topological polar surface area (TPSA) is 125 Å². The molecule has 3 heterocycles. The molecule has 9 nitrogen and oxygen atoms in total. The van der Waals surface area contributed by atoms with E-state index in [0.717, 1.165) is 10.4 Å². The molecule has 0 aliphatic carbocycles. The minimum absolute atomic E-state index is 0.00974. The third-order valence-corrected chi connectivity index (χ3v) is 7.16. The number of carboxylic acid groups (broad SMARTS) is 1. The molecule has 0 radical (unpaired) electrons. The lowest BCUT2D eigenvalue weighted by Gasteiger charge is -2.27. The van der Waals surface area contributed by atoms with Gasteiger partial charge < -0.3 is 15.2 Å². The summed E-state index contributed by atoms with van der Waals surface area (Å²) in [6.45, 7) is 0.529. The van der Waals surface area contributed by atoms with Crippen LogP contribution in [0.1, 0.15) is 47.1 Å². The monoisotopic (exact) mass is 491 g/mol. The van der Waals surface area contributed by atoms with Gasteiger partial charge in [-0.15, -0.1) is 11.3 Å². The number of rotatable bonds is 6. The minimum Gasteiger partial charge on any atom is -0.478 e. The van der Waals surface area contributed by atoms with E-state index in [1.54, 1.807) is 24.3 Å². The molecule has 0 spiro atoms. The Morgan fingerprint density at radius 3 is 2.37 bits per heavy atom. The summed E-state index contributed by atoms with van der Waals surface area (Å²) in [6, 6.07) is 15.5. The summed E-state index contributed by atoms with van der Waals surface area (Å²) in [5, 5.41) is 15.9. The Morgan fingerprint density at radius 1 is 1.06 bits per heavy atom. The predicted molar refractivity (Wildman–Crippen MR) is 128 cm³/mol. The molecule has 2 aromatic carbocycles. The number of carbonyl (C=O) groups excluding carboxylic acids is 3. The summed E-state index contributed by atoms with van der Waals surface area (Å²) in [5.74, 6) is -1.88. The zero-order valence-corrected chi connectivity index (χ0v) is 19.3. The summed E-state index contributed by atoms with van der Waals surface area (Å²) in [6.07, 6.45) is -0.452. The largest absolute Gasteiger partial charge is 0.478 e. The van der Waals surface area contributed by atoms with Crippen LogP contribution < -0.4 is 10.6 Å². The first-order chi connectivity index (χ1) is 16.9. The van der Waals surface area contributed by atoms with Crippen LogP contribution in [0.5, 0.6) is 0 Å². The Hall–Kier alpha value is -4.02. The molecule has 3 aromatic rings. The molecule has 35 heavy (non-hydrogen) atoms. The number of anilines is 1. The van der Waals surface area contributed by atoms with E-state index in [1.807, 2.05) is 30.3 Å². The van der Waals surface area contributed by atoms with Gasteiger partial charge in [0.2, 0.25) is 0 Å². The van der Waals surface area contributed by atoms with Crippen molar-refractivity contribution in [3.05, 3.63) is 87.3 Å². The highest BCUT2D eigenvalue weighted by Crippen LogP contribution is 2.37. The number of hydrogen-bond donors (Lipinski definition) is 3. The lowest BCUT2D eigenvalue weighted by Crippen LogP contribution is -2.46. The molecular weight excluding hydrogens is 470 g/mol. The summed E-state index contributed by atoms with van der Waals surface area (Å²) in [4.78, 5) is 51.8. The Kier molecular flexibility index (Phi) is 6.06. The van der Waals surface area contributed by atoms with Gasteiger partial charge in [-0.25, -0.2) is 9.59 Å². The van der Waals surface area contributed by atoms with Crippen LogP contribution >= 0.6 is 11.3 Å². The van der Waals surface area contributed by atoms with E-state index < -0.39 is 12.1 Å². The zero-order chi connectivity index (χ0) is 24.5. The Balaban J connectivity index is 1.29. The molecule has 3 amide bonds. The molecule has 1 aromatic heterocycles. The van der Waals surface area contributed by atoms with Crippen molar-refractivity contribution >= 4 is 40.2 Å². The van der Waals surface area contributed by atoms with Gasteiger partial charge in [0.1, 0.15) is 11.6 Å². The van der Waals surface area contributed by atoms with Crippen molar-refractivity contribution in [1.82, 2.24) is 10.2 Å². The van der Waals surface area contributed by atoms with E-state index in [9.17, 15) is 24.3 Å². The Bertz CT molecular complexity index is 1300. The molecule has 0 fully saturated rings. The molecular formula is C25H21N3O6S. The molecule has 0 unspecified atom stereocenters. The van der Waals surface area contributed by atoms with Crippen molar-refractivity contribution in [2.75, 3.05) is 11.9 Å². The quantitative estimate of drug-likeness (QED) is 0.451. The fourth-order valence-electron chi connectivity index (χ4n) is 4.35. The number of nitrogens with one attached hydrogen (secondary N) is 2. The van der Waals surface area contributed by atoms with Gasteiger partial charge in [-0.3, -0.25) is 19.8 Å². The number of aromatic carboxylic acids is 1. The second kappa shape index (κ2) is 9.32. The molecule has 0 bridgehead atoms. The van der Waals surface area contributed by atoms with Gasteiger partial charge in [0.05, 0.1) is 16.7 Å². The van der Waals surface area contributed by atoms with Gasteiger partial charge in [0.25, 0.3) is 11.8 Å². The van der Waals surface area contributed by atoms with Crippen molar-refractivity contribution in [3.8, 4) is 0 Å². The lowest BCUT2D eigenvalue weighted by atomic mass is 9.97. The third kappa shape index (κ3) is 4.41. The zero-order valence-electron chi connectivity index (χ0n) is 18.4. The van der Waals surface area contributed by atoms with Crippen LogP contribution in [0, 0.1) is 0 Å². The van der Waals surface area contributed by atoms with Crippen LogP contribution in [0.3, 0.4) is 0 Å². The van der Waals surface area contributed by atoms with E-state index in [2.05, 4.69) is 10.6 Å². The smallest absolute Gasteiger partial charge is 0.412 e. The number of benzene rings is 2. The molecule has 178 valence electrons. The van der Waals surface area contributed by atoms with Crippen LogP contribution in [0.25, 0.3) is 0 Å². The van der Waals surface area contributed by atoms with Gasteiger partial charge in [0, 0.05) is 24.0 Å². The SMILES string of the molecule is O=C(Nc1sc2c(c1C(=O)O)C[C@@H](CN1C(=O)c3ccccc3C1=O)NC2)OCc1ccccc1. The van der Waals surface area contributed by atoms with Crippen LogP contribution in [0.4, 0.5) is 9.80 Å². The van der Waals surface area contributed by atoms with Gasteiger partial charge in [-0.2, -0.15) is 0 Å². The fraction of sp³-hybridized carbons (Fsp3) is 0.200. The number of nitrogens with zero attached hydrogens (tertiary/aromatic N) is 1. The molecule has 0 saturated carbocycles. The summed E-state index contributed by atoms with van der Waals surface area (Å²) < 4.78 is 5.23. The number of imide groups is 1. The van der Waals surface area contributed by atoms with Crippen LogP contribution in [-0.4, -0.2) is 46.5 Å². The maximum Gasteiger partial charge on any atom is 0.412 e. The molecule has 5 rings (SSSR count). The van der Waals surface area contributed by atoms with E-state index in [-0.39, 0.29) is 41.6 Å². The first kappa shape index (κ1) is 22.8. The van der Waals surface area contributed by atoms with E-state index >= 15 is 0 Å². The maximum absolute atomic E-state index is 12.7. The van der Waals surface area contributed by atoms with E-state index in [0.29, 0.717) is 29.7 Å². The first-order valence-corrected chi connectivity index (χ1v) is 11.8. The van der Waals surface area contributed by atoms with Gasteiger partial charge >= 0.3 is 12.1 Å². The van der Waals surface area contributed by atoms with Crippen molar-refractivity contribution in [2.45, 2.75) is 25.6 Å². The number of fused-ring (bicyclic) bond motifs is 2. The standard InChI is InChI=1S/C25H21N3O6S/c29-22-16-8-4-5-9-17(16)23(30)28(22)12-15-10-18-19(11-26-15)35-21(20(18)24(31)32)27-25(33)34-13-14-6-2-1-3-7-14/h1-9,15,26H,10-13H2,(H,27,33)(H,31,32)/t15-/m0/s1. The number of ether oxygens (including phenoxy) is 1. The Labute approximate surface area is 204 Å². The highest BCUT2D eigenvalue weighted by molar-refractivity contribution is 7.17. The second-order valence-electron chi connectivity index (χ2n) is 8.25. The summed E-state index contributed by atoms with van der Waals surface area (Å²) in [7, 11) is 0. The van der Waals surface area contributed by atoms with Gasteiger partial charge in [-0.1, -0.05) is 42.5 Å². The summed E-state index contributed by atoms with van der Waals surface area (Å²) >= 11 is 1.17. The average molecular weight is 492 g/mol. The predicted octanol–water partition coefficient (Wildman–Crippen LogP) is 3.51. The number of hydrogen-bond acceptors (Lipinski definition) is 7. The number of thiophene rings is 1. The molecule has 0 saturated heterocycles. The molecule has 10 heteroatoms. The fourth-order valence-corrected chi connectivity index (χ4v) is 5.50. The number of carboxylic acids is 1. The van der Waals surface area contributed by atoms with Crippen molar-refractivity contribution < 1.29 is 29.0 Å². The highest BCUT2D eigenvalue weighted by atomic mass is 32.1. The number of amides is 3. The van der Waals surface area contributed by atoms with Crippen molar-refractivity contribution in [2.24, 2.45) is 0 Å². The Morgan fingerprint density at radius 2 is 1.71 bits per heavy atom. The lowest BCUT2D eigenvalue weighted by molar-refractivity contribution is 0.0630. The van der Waals surface area contributed by atoms with Crippen LogP contribution in [0.15, 0.2) is 54.6 Å².